The minimum Gasteiger partial charge on any atom is -0.384 e. The largest absolute Gasteiger partial charge is 0.384 e. The molecule has 0 aliphatic carbocycles. The van der Waals surface area contributed by atoms with E-state index in [9.17, 15) is 0 Å². The Hall–Kier alpha value is -1.85. The number of nitrogen functional groups attached to an aromatic ring is 1. The second-order valence-corrected chi connectivity index (χ2v) is 5.24. The maximum atomic E-state index is 6.14. The molecule has 7 heteroatoms. The minimum absolute atomic E-state index is 0.167. The predicted molar refractivity (Wildman–Crippen MR) is 84.1 cm³/mol. The lowest BCUT2D eigenvalue weighted by Gasteiger charge is -2.07. The van der Waals surface area contributed by atoms with Crippen LogP contribution in [0.4, 0.5) is 5.82 Å². The smallest absolute Gasteiger partial charge is 0.135 e. The number of halogens is 2. The lowest BCUT2D eigenvalue weighted by molar-refractivity contribution is 0.872. The van der Waals surface area contributed by atoms with Crippen molar-refractivity contribution in [1.29, 1.82) is 0 Å². The van der Waals surface area contributed by atoms with Gasteiger partial charge < -0.3 is 17.2 Å². The number of nitrogens with zero attached hydrogens (tertiary/aromatic N) is 2. The van der Waals surface area contributed by atoms with Crippen LogP contribution >= 0.6 is 23.2 Å². The molecule has 2 aromatic rings. The zero-order chi connectivity index (χ0) is 15.0. The highest BCUT2D eigenvalue weighted by Gasteiger charge is 2.16. The summed E-state index contributed by atoms with van der Waals surface area (Å²) in [5.74, 6) is 0.617. The Morgan fingerprint density at radius 3 is 2.40 bits per heavy atom. The molecule has 0 saturated carbocycles. The maximum Gasteiger partial charge on any atom is 0.135 e. The molecular weight excluding hydrogens is 297 g/mol. The van der Waals surface area contributed by atoms with E-state index < -0.39 is 0 Å². The topological polar surface area (TPSA) is 95.9 Å². The molecule has 0 bridgehead atoms. The Morgan fingerprint density at radius 2 is 1.85 bits per heavy atom. The highest BCUT2D eigenvalue weighted by molar-refractivity contribution is 6.42. The van der Waals surface area contributed by atoms with Crippen LogP contribution in [0.1, 0.15) is 12.6 Å². The third-order valence-electron chi connectivity index (χ3n) is 3.04. The third-order valence-corrected chi connectivity index (χ3v) is 3.78. The second-order valence-electron chi connectivity index (χ2n) is 4.43. The summed E-state index contributed by atoms with van der Waals surface area (Å²) in [7, 11) is 0. The molecule has 0 unspecified atom stereocenters. The van der Waals surface area contributed by atoms with Crippen molar-refractivity contribution in [2.24, 2.45) is 11.5 Å². The van der Waals surface area contributed by atoms with Gasteiger partial charge in [-0.1, -0.05) is 29.3 Å². The fourth-order valence-corrected chi connectivity index (χ4v) is 2.23. The van der Waals surface area contributed by atoms with Crippen LogP contribution in [0.5, 0.6) is 0 Å². The number of allylic oxidation sites excluding steroid dienone is 1. The third kappa shape index (κ3) is 2.42. The summed E-state index contributed by atoms with van der Waals surface area (Å²) >= 11 is 12.0. The summed E-state index contributed by atoms with van der Waals surface area (Å²) in [6.07, 6.45) is 0. The molecule has 0 saturated heterocycles. The van der Waals surface area contributed by atoms with Crippen LogP contribution in [0.25, 0.3) is 16.8 Å². The molecular formula is C13H15Cl2N5. The van der Waals surface area contributed by atoms with Gasteiger partial charge >= 0.3 is 0 Å². The average Bonchev–Trinajstić information content (AvgIpc) is 2.67. The molecule has 0 fully saturated rings. The van der Waals surface area contributed by atoms with Gasteiger partial charge in [0, 0.05) is 5.56 Å². The Kier molecular flexibility index (Phi) is 3.83. The first kappa shape index (κ1) is 14.6. The molecule has 1 aromatic heterocycles. The molecule has 1 heterocycles. The van der Waals surface area contributed by atoms with Crippen LogP contribution in [0.3, 0.4) is 0 Å². The number of hydrogen-bond donors (Lipinski definition) is 3. The van der Waals surface area contributed by atoms with Gasteiger partial charge in [0.15, 0.2) is 0 Å². The van der Waals surface area contributed by atoms with Gasteiger partial charge in [-0.15, -0.1) is 0 Å². The minimum atomic E-state index is 0.167. The standard InChI is InChI=1S/C13H15Cl2N5/c1-6-11(8-3-4-9(14)10(15)5-8)13(18)20(19-6)7(2)12(16)17/h3-5H,16-18H2,1-2H3. The Balaban J connectivity index is 2.64. The highest BCUT2D eigenvalue weighted by atomic mass is 35.5. The molecule has 0 aliphatic heterocycles. The molecule has 0 aliphatic rings. The highest BCUT2D eigenvalue weighted by Crippen LogP contribution is 2.34. The number of anilines is 1. The van der Waals surface area contributed by atoms with E-state index in [2.05, 4.69) is 5.10 Å². The number of rotatable bonds is 2. The van der Waals surface area contributed by atoms with Crippen LogP contribution < -0.4 is 17.2 Å². The summed E-state index contributed by atoms with van der Waals surface area (Å²) < 4.78 is 1.52. The van der Waals surface area contributed by atoms with E-state index in [1.165, 1.54) is 4.68 Å². The van der Waals surface area contributed by atoms with E-state index in [1.54, 1.807) is 19.1 Å². The summed E-state index contributed by atoms with van der Waals surface area (Å²) in [4.78, 5) is 0. The number of nitrogens with two attached hydrogens (primary N) is 3. The van der Waals surface area contributed by atoms with E-state index in [1.807, 2.05) is 13.0 Å². The van der Waals surface area contributed by atoms with E-state index >= 15 is 0 Å². The van der Waals surface area contributed by atoms with Gasteiger partial charge in [0.25, 0.3) is 0 Å². The summed E-state index contributed by atoms with van der Waals surface area (Å²) in [5.41, 5.74) is 20.3. The number of aryl methyl sites for hydroxylation is 1. The molecule has 20 heavy (non-hydrogen) atoms. The molecule has 0 amide bonds. The van der Waals surface area contributed by atoms with Gasteiger partial charge in [-0.25, -0.2) is 4.68 Å². The van der Waals surface area contributed by atoms with Crippen molar-refractivity contribution < 1.29 is 0 Å². The van der Waals surface area contributed by atoms with Crippen molar-refractivity contribution in [2.75, 3.05) is 5.73 Å². The second kappa shape index (κ2) is 5.26. The zero-order valence-electron chi connectivity index (χ0n) is 11.1. The molecule has 0 spiro atoms. The zero-order valence-corrected chi connectivity index (χ0v) is 12.6. The van der Waals surface area contributed by atoms with Crippen molar-refractivity contribution in [1.82, 2.24) is 9.78 Å². The van der Waals surface area contributed by atoms with E-state index in [0.717, 1.165) is 16.8 Å². The van der Waals surface area contributed by atoms with Crippen LogP contribution in [0.2, 0.25) is 10.0 Å². The van der Waals surface area contributed by atoms with Gasteiger partial charge in [-0.2, -0.15) is 5.10 Å². The van der Waals surface area contributed by atoms with Gasteiger partial charge in [0.2, 0.25) is 0 Å². The average molecular weight is 312 g/mol. The van der Waals surface area contributed by atoms with Crippen molar-refractivity contribution >= 4 is 34.7 Å². The quantitative estimate of drug-likeness (QED) is 0.794. The number of aromatic nitrogens is 2. The van der Waals surface area contributed by atoms with Crippen molar-refractivity contribution in [2.45, 2.75) is 13.8 Å². The molecule has 106 valence electrons. The Morgan fingerprint density at radius 1 is 1.20 bits per heavy atom. The fraction of sp³-hybridized carbons (Fsp3) is 0.154. The number of hydrogen-bond acceptors (Lipinski definition) is 4. The first-order chi connectivity index (χ1) is 9.32. The summed E-state index contributed by atoms with van der Waals surface area (Å²) in [5, 5.41) is 5.30. The van der Waals surface area contributed by atoms with E-state index in [-0.39, 0.29) is 5.82 Å². The summed E-state index contributed by atoms with van der Waals surface area (Å²) in [6, 6.07) is 5.30. The van der Waals surface area contributed by atoms with Crippen LogP contribution in [-0.2, 0) is 0 Å². The SMILES string of the molecule is CC(=C(N)N)n1nc(C)c(-c2ccc(Cl)c(Cl)c2)c1N. The van der Waals surface area contributed by atoms with Gasteiger partial charge in [-0.3, -0.25) is 0 Å². The lowest BCUT2D eigenvalue weighted by atomic mass is 10.1. The first-order valence-electron chi connectivity index (χ1n) is 5.85. The van der Waals surface area contributed by atoms with Gasteiger partial charge in [0.1, 0.15) is 11.6 Å². The van der Waals surface area contributed by atoms with Crippen molar-refractivity contribution in [3.8, 4) is 11.1 Å². The van der Waals surface area contributed by atoms with Gasteiger partial charge in [0.05, 0.1) is 21.4 Å². The molecule has 5 nitrogen and oxygen atoms in total. The summed E-state index contributed by atoms with van der Waals surface area (Å²) in [6.45, 7) is 3.60. The maximum absolute atomic E-state index is 6.14. The Bertz CT molecular complexity index is 699. The Labute approximate surface area is 126 Å². The van der Waals surface area contributed by atoms with Crippen molar-refractivity contribution in [3.63, 3.8) is 0 Å². The van der Waals surface area contributed by atoms with E-state index in [0.29, 0.717) is 21.6 Å². The molecule has 1 aromatic carbocycles. The van der Waals surface area contributed by atoms with Crippen LogP contribution in [0, 0.1) is 6.92 Å². The normalized spacial score (nSPS) is 10.6. The van der Waals surface area contributed by atoms with Crippen LogP contribution in [-0.4, -0.2) is 9.78 Å². The first-order valence-corrected chi connectivity index (χ1v) is 6.61. The predicted octanol–water partition coefficient (Wildman–Crippen LogP) is 2.81. The fourth-order valence-electron chi connectivity index (χ4n) is 1.93. The van der Waals surface area contributed by atoms with E-state index in [4.69, 9.17) is 40.4 Å². The number of benzene rings is 1. The van der Waals surface area contributed by atoms with Crippen LogP contribution in [0.15, 0.2) is 24.0 Å². The molecule has 0 atom stereocenters. The van der Waals surface area contributed by atoms with Gasteiger partial charge in [-0.05, 0) is 31.5 Å². The van der Waals surface area contributed by atoms with Crippen molar-refractivity contribution in [3.05, 3.63) is 39.8 Å². The molecule has 6 N–H and O–H groups in total. The molecule has 0 radical (unpaired) electrons. The monoisotopic (exact) mass is 311 g/mol. The molecule has 2 rings (SSSR count). The lowest BCUT2D eigenvalue weighted by Crippen LogP contribution is -2.15.